The zero-order valence-corrected chi connectivity index (χ0v) is 11.9. The second-order valence-electron chi connectivity index (χ2n) is 3.07. The summed E-state index contributed by atoms with van der Waals surface area (Å²) in [6.07, 6.45) is 1.78. The van der Waals surface area contributed by atoms with Gasteiger partial charge in [0.25, 0.3) is 0 Å². The van der Waals surface area contributed by atoms with Crippen LogP contribution in [-0.2, 0) is 22.3 Å². The van der Waals surface area contributed by atoms with Gasteiger partial charge in [-0.05, 0) is 0 Å². The van der Waals surface area contributed by atoms with Crippen molar-refractivity contribution in [2.24, 2.45) is 0 Å². The lowest BCUT2D eigenvalue weighted by Gasteiger charge is -2.16. The average Bonchev–Trinajstić information content (AvgIpc) is 2.15. The molecule has 0 fully saturated rings. The van der Waals surface area contributed by atoms with Crippen molar-refractivity contribution in [2.75, 3.05) is 0 Å². The summed E-state index contributed by atoms with van der Waals surface area (Å²) in [6.45, 7) is 0. The predicted octanol–water partition coefficient (Wildman–Crippen LogP) is -0.396. The van der Waals surface area contributed by atoms with Gasteiger partial charge in [0.2, 0.25) is 0 Å². The summed E-state index contributed by atoms with van der Waals surface area (Å²) in [4.78, 5) is 45.3. The van der Waals surface area contributed by atoms with Crippen molar-refractivity contribution in [2.45, 2.75) is 0 Å². The third-order valence-corrected chi connectivity index (χ3v) is 5.11. The van der Waals surface area contributed by atoms with Crippen LogP contribution in [0.1, 0.15) is 0 Å². The van der Waals surface area contributed by atoms with Crippen molar-refractivity contribution in [3.05, 3.63) is 34.7 Å². The Bertz CT molecular complexity index is 654. The number of aromatic nitrogens is 1. The normalized spacial score (nSPS) is 18.0. The smallest absolute Gasteiger partial charge is 0.312 e. The zero-order valence-electron chi connectivity index (χ0n) is 9.24. The van der Waals surface area contributed by atoms with Crippen molar-refractivity contribution in [3.63, 3.8) is 0 Å². The third kappa shape index (κ3) is 6.58. The maximum absolute atomic E-state index is 11.3. The fourth-order valence-corrected chi connectivity index (χ4v) is 3.84. The van der Waals surface area contributed by atoms with Gasteiger partial charge in [-0.1, -0.05) is 0 Å². The van der Waals surface area contributed by atoms with E-state index in [0.717, 1.165) is 24.5 Å². The lowest BCUT2D eigenvalue weighted by molar-refractivity contribution is 0.159. The first-order valence-electron chi connectivity index (χ1n) is 4.41. The Morgan fingerprint density at radius 2 is 1.40 bits per heavy atom. The molecule has 0 aliphatic rings. The molecule has 2 atom stereocenters. The van der Waals surface area contributed by atoms with E-state index in [1.54, 1.807) is 0 Å². The molecule has 0 radical (unpaired) electrons. The Kier molecular flexibility index (Phi) is 5.09. The second kappa shape index (κ2) is 5.90. The van der Waals surface area contributed by atoms with Gasteiger partial charge < -0.3 is 19.3 Å². The first-order chi connectivity index (χ1) is 8.89. The minimum Gasteiger partial charge on any atom is -0.312 e. The first kappa shape index (κ1) is 17.3. The van der Waals surface area contributed by atoms with Crippen LogP contribution in [0, 0.1) is 0 Å². The number of pyridine rings is 1. The van der Waals surface area contributed by atoms with Crippen LogP contribution in [-0.4, -0.2) is 24.3 Å². The summed E-state index contributed by atoms with van der Waals surface area (Å²) in [5.41, 5.74) is -0.448. The molecule has 15 heteroatoms. The lowest BCUT2D eigenvalue weighted by Crippen LogP contribution is -2.12. The maximum atomic E-state index is 11.3. The number of phosphoric acid groups is 3. The zero-order chi connectivity index (χ0) is 15.6. The Morgan fingerprint density at radius 1 is 0.900 bits per heavy atom. The molecule has 0 saturated heterocycles. The molecular formula is C5H8NO11P3. The van der Waals surface area contributed by atoms with E-state index in [4.69, 9.17) is 19.6 Å². The largest absolute Gasteiger partial charge is 0.555 e. The Labute approximate surface area is 110 Å². The van der Waals surface area contributed by atoms with Gasteiger partial charge in [-0.3, -0.25) is 9.69 Å². The quantitative estimate of drug-likeness (QED) is 0.489. The van der Waals surface area contributed by atoms with E-state index in [0.29, 0.717) is 4.73 Å². The molecule has 2 unspecified atom stereocenters. The highest BCUT2D eigenvalue weighted by Crippen LogP contribution is 2.65. The molecule has 1 aromatic heterocycles. The van der Waals surface area contributed by atoms with Crippen LogP contribution in [0.15, 0.2) is 29.3 Å². The van der Waals surface area contributed by atoms with Crippen molar-refractivity contribution < 1.29 is 46.5 Å². The van der Waals surface area contributed by atoms with E-state index in [1.807, 2.05) is 0 Å². The van der Waals surface area contributed by atoms with E-state index >= 15 is 0 Å². The molecule has 0 aliphatic heterocycles. The first-order valence-corrected chi connectivity index (χ1v) is 8.93. The van der Waals surface area contributed by atoms with Crippen LogP contribution in [0.5, 0.6) is 0 Å². The molecule has 0 aliphatic carbocycles. The van der Waals surface area contributed by atoms with Gasteiger partial charge in [0.05, 0.1) is 0 Å². The Hall–Kier alpha value is -0.800. The third-order valence-electron chi connectivity index (χ3n) is 1.38. The SMILES string of the molecule is O=c1ccn(OP(=O)(O)OP(=O)(O)OP(=O)(O)O)cc1. The van der Waals surface area contributed by atoms with Crippen molar-refractivity contribution in [1.29, 1.82) is 0 Å². The number of nitrogens with zero attached hydrogens (tertiary/aromatic N) is 1. The van der Waals surface area contributed by atoms with E-state index in [9.17, 15) is 18.5 Å². The van der Waals surface area contributed by atoms with Gasteiger partial charge >= 0.3 is 23.5 Å². The average molecular weight is 351 g/mol. The molecular weight excluding hydrogens is 343 g/mol. The van der Waals surface area contributed by atoms with Gasteiger partial charge in [0, 0.05) is 24.5 Å². The molecule has 12 nitrogen and oxygen atoms in total. The molecule has 20 heavy (non-hydrogen) atoms. The highest BCUT2D eigenvalue weighted by Gasteiger charge is 2.41. The summed E-state index contributed by atoms with van der Waals surface area (Å²) < 4.78 is 44.3. The lowest BCUT2D eigenvalue weighted by atomic mass is 10.5. The van der Waals surface area contributed by atoms with Crippen LogP contribution in [0.2, 0.25) is 0 Å². The molecule has 1 aromatic rings. The van der Waals surface area contributed by atoms with Crippen molar-refractivity contribution in [3.8, 4) is 0 Å². The molecule has 114 valence electrons. The molecule has 0 spiro atoms. The van der Waals surface area contributed by atoms with Crippen LogP contribution in [0.3, 0.4) is 0 Å². The van der Waals surface area contributed by atoms with Crippen molar-refractivity contribution in [1.82, 2.24) is 4.73 Å². The maximum Gasteiger partial charge on any atom is 0.555 e. The van der Waals surface area contributed by atoms with E-state index in [2.05, 4.69) is 13.2 Å². The number of hydrogen-bond donors (Lipinski definition) is 4. The van der Waals surface area contributed by atoms with Crippen molar-refractivity contribution >= 4 is 23.5 Å². The molecule has 0 saturated carbocycles. The fourth-order valence-electron chi connectivity index (χ4n) is 0.867. The van der Waals surface area contributed by atoms with Gasteiger partial charge in [-0.2, -0.15) is 13.4 Å². The predicted molar refractivity (Wildman–Crippen MR) is 61.1 cm³/mol. The Morgan fingerprint density at radius 3 is 1.85 bits per heavy atom. The topological polar surface area (TPSA) is 182 Å². The second-order valence-corrected chi connectivity index (χ2v) is 7.39. The minimum atomic E-state index is -5.56. The van der Waals surface area contributed by atoms with E-state index in [-0.39, 0.29) is 0 Å². The molecule has 1 rings (SSSR count). The molecule has 0 bridgehead atoms. The van der Waals surface area contributed by atoms with Gasteiger partial charge in [0.15, 0.2) is 5.43 Å². The van der Waals surface area contributed by atoms with Gasteiger partial charge in [-0.25, -0.2) is 13.7 Å². The highest BCUT2D eigenvalue weighted by molar-refractivity contribution is 7.66. The summed E-state index contributed by atoms with van der Waals surface area (Å²) in [6, 6.07) is 1.87. The molecule has 0 aromatic carbocycles. The van der Waals surface area contributed by atoms with Crippen LogP contribution >= 0.6 is 23.5 Å². The molecule has 1 heterocycles. The van der Waals surface area contributed by atoms with Crippen LogP contribution < -0.4 is 10.1 Å². The van der Waals surface area contributed by atoms with Crippen LogP contribution in [0.4, 0.5) is 0 Å². The Balaban J connectivity index is 2.82. The summed E-state index contributed by atoms with van der Waals surface area (Å²) in [5, 5.41) is 0. The monoisotopic (exact) mass is 351 g/mol. The summed E-state index contributed by atoms with van der Waals surface area (Å²) >= 11 is 0. The number of hydrogen-bond acceptors (Lipinski definition) is 7. The fraction of sp³-hybridized carbons (Fsp3) is 0. The minimum absolute atomic E-state index is 0.448. The van der Waals surface area contributed by atoms with E-state index in [1.165, 1.54) is 0 Å². The van der Waals surface area contributed by atoms with Gasteiger partial charge in [0.1, 0.15) is 0 Å². The summed E-state index contributed by atoms with van der Waals surface area (Å²) in [7, 11) is -16.3. The molecule has 0 amide bonds. The number of rotatable bonds is 6. The standard InChI is InChI=1S/C5H8NO11P3/c7-5-1-3-6(4-2-5)15-19(11,12)17-20(13,14)16-18(8,9)10/h1-4H,(H,11,12)(H,13,14)(H2,8,9,10). The summed E-state index contributed by atoms with van der Waals surface area (Å²) in [5.74, 6) is 0. The van der Waals surface area contributed by atoms with Gasteiger partial charge in [-0.15, -0.1) is 0 Å². The van der Waals surface area contributed by atoms with E-state index < -0.39 is 28.9 Å². The molecule has 4 N–H and O–H groups in total. The van der Waals surface area contributed by atoms with Crippen LogP contribution in [0.25, 0.3) is 0 Å². The highest BCUT2D eigenvalue weighted by atomic mass is 31.3.